The van der Waals surface area contributed by atoms with E-state index >= 15 is 0 Å². The maximum absolute atomic E-state index is 12.5. The van der Waals surface area contributed by atoms with Crippen molar-refractivity contribution in [2.75, 3.05) is 26.2 Å². The minimum absolute atomic E-state index is 0.0765. The number of hydrogen-bond acceptors (Lipinski definition) is 4. The Morgan fingerprint density at radius 1 is 1.06 bits per heavy atom. The van der Waals surface area contributed by atoms with Crippen molar-refractivity contribution in [2.45, 2.75) is 38.0 Å². The fourth-order valence-corrected chi connectivity index (χ4v) is 4.06. The monoisotopic (exact) mass is 475 g/mol. The normalized spacial score (nSPS) is 18.9. The minimum atomic E-state index is -0.0880. The molecule has 2 aromatic rings. The van der Waals surface area contributed by atoms with Crippen molar-refractivity contribution in [3.8, 4) is 0 Å². The van der Waals surface area contributed by atoms with Gasteiger partial charge in [0.2, 0.25) is 5.91 Å². The Morgan fingerprint density at radius 2 is 1.91 bits per heavy atom. The summed E-state index contributed by atoms with van der Waals surface area (Å²) < 4.78 is 5.83. The van der Waals surface area contributed by atoms with E-state index in [1.165, 1.54) is 0 Å². The Balaban J connectivity index is 1.23. The van der Waals surface area contributed by atoms with Gasteiger partial charge in [-0.05, 0) is 48.2 Å². The van der Waals surface area contributed by atoms with E-state index in [0.717, 1.165) is 43.6 Å². The Morgan fingerprint density at radius 3 is 2.69 bits per heavy atom. The molecule has 2 N–H and O–H groups in total. The summed E-state index contributed by atoms with van der Waals surface area (Å²) in [5.41, 5.74) is 2.50. The van der Waals surface area contributed by atoms with Crippen LogP contribution >= 0.6 is 23.2 Å². The van der Waals surface area contributed by atoms with E-state index in [0.29, 0.717) is 34.8 Å². The number of ether oxygens (including phenoxy) is 1. The van der Waals surface area contributed by atoms with Crippen molar-refractivity contribution in [3.05, 3.63) is 69.2 Å². The van der Waals surface area contributed by atoms with Gasteiger partial charge in [-0.3, -0.25) is 14.5 Å². The van der Waals surface area contributed by atoms with Gasteiger partial charge in [0, 0.05) is 37.8 Å². The molecular formula is C24H27Cl2N3O3. The second-order valence-corrected chi connectivity index (χ2v) is 9.22. The summed E-state index contributed by atoms with van der Waals surface area (Å²) in [7, 11) is 0. The summed E-state index contributed by atoms with van der Waals surface area (Å²) in [6, 6.07) is 13.2. The summed E-state index contributed by atoms with van der Waals surface area (Å²) in [5, 5.41) is 7.03. The quantitative estimate of drug-likeness (QED) is 0.613. The second-order valence-electron chi connectivity index (χ2n) is 8.41. The van der Waals surface area contributed by atoms with Crippen molar-refractivity contribution < 1.29 is 14.3 Å². The first-order chi connectivity index (χ1) is 15.5. The standard InChI is InChI=1S/C24H27Cl2N3O3/c25-21-7-4-17(11-22(21)26)14-29-8-9-32-20(15-29)13-27-23(30)12-16-2-1-3-18(10-16)24(31)28-19-5-6-19/h1-4,7,10-11,19-20H,5-6,8-9,12-15H2,(H,27,30)(H,28,31)/t20-/m0/s1. The van der Waals surface area contributed by atoms with E-state index in [4.69, 9.17) is 27.9 Å². The van der Waals surface area contributed by atoms with Crippen LogP contribution in [0.4, 0.5) is 0 Å². The molecule has 1 saturated heterocycles. The Kier molecular flexibility index (Phi) is 7.68. The van der Waals surface area contributed by atoms with Gasteiger partial charge >= 0.3 is 0 Å². The first-order valence-electron chi connectivity index (χ1n) is 10.9. The van der Waals surface area contributed by atoms with Crippen LogP contribution < -0.4 is 10.6 Å². The highest BCUT2D eigenvalue weighted by Crippen LogP contribution is 2.23. The Labute approximate surface area is 198 Å². The second kappa shape index (κ2) is 10.7. The molecular weight excluding hydrogens is 449 g/mol. The minimum Gasteiger partial charge on any atom is -0.374 e. The number of amides is 2. The molecule has 0 bridgehead atoms. The van der Waals surface area contributed by atoms with E-state index in [2.05, 4.69) is 15.5 Å². The van der Waals surface area contributed by atoms with E-state index in [1.807, 2.05) is 30.3 Å². The summed E-state index contributed by atoms with van der Waals surface area (Å²) in [6.07, 6.45) is 2.24. The van der Waals surface area contributed by atoms with Crippen LogP contribution in [0.25, 0.3) is 0 Å². The van der Waals surface area contributed by atoms with Gasteiger partial charge in [0.1, 0.15) is 0 Å². The molecule has 2 aliphatic rings. The molecule has 2 fully saturated rings. The third kappa shape index (κ3) is 6.69. The van der Waals surface area contributed by atoms with Crippen LogP contribution in [0.3, 0.4) is 0 Å². The Hall–Kier alpha value is -2.12. The largest absolute Gasteiger partial charge is 0.374 e. The van der Waals surface area contributed by atoms with Crippen LogP contribution in [0.5, 0.6) is 0 Å². The maximum Gasteiger partial charge on any atom is 0.251 e. The summed E-state index contributed by atoms with van der Waals surface area (Å²) in [5.74, 6) is -0.164. The lowest BCUT2D eigenvalue weighted by Gasteiger charge is -2.33. The van der Waals surface area contributed by atoms with Gasteiger partial charge in [0.15, 0.2) is 0 Å². The molecule has 0 radical (unpaired) electrons. The van der Waals surface area contributed by atoms with Crippen molar-refractivity contribution in [1.82, 2.24) is 15.5 Å². The SMILES string of the molecule is O=C(Cc1cccc(C(=O)NC2CC2)c1)NC[C@H]1CN(Cc2ccc(Cl)c(Cl)c2)CCO1. The zero-order valence-corrected chi connectivity index (χ0v) is 19.3. The van der Waals surface area contributed by atoms with Gasteiger partial charge in [-0.15, -0.1) is 0 Å². The van der Waals surface area contributed by atoms with E-state index in [-0.39, 0.29) is 24.3 Å². The maximum atomic E-state index is 12.5. The molecule has 170 valence electrons. The number of benzene rings is 2. The van der Waals surface area contributed by atoms with Crippen molar-refractivity contribution in [1.29, 1.82) is 0 Å². The van der Waals surface area contributed by atoms with Gasteiger partial charge < -0.3 is 15.4 Å². The van der Waals surface area contributed by atoms with Crippen molar-refractivity contribution >= 4 is 35.0 Å². The van der Waals surface area contributed by atoms with Crippen LogP contribution in [-0.4, -0.2) is 55.1 Å². The molecule has 1 aliphatic carbocycles. The topological polar surface area (TPSA) is 70.7 Å². The van der Waals surface area contributed by atoms with E-state index < -0.39 is 0 Å². The summed E-state index contributed by atoms with van der Waals surface area (Å²) in [4.78, 5) is 27.0. The molecule has 1 atom stereocenters. The van der Waals surface area contributed by atoms with E-state index in [1.54, 1.807) is 12.1 Å². The van der Waals surface area contributed by atoms with Crippen LogP contribution in [0, 0.1) is 0 Å². The number of nitrogens with zero attached hydrogens (tertiary/aromatic N) is 1. The van der Waals surface area contributed by atoms with Gasteiger partial charge in [-0.1, -0.05) is 41.4 Å². The smallest absolute Gasteiger partial charge is 0.251 e. The molecule has 4 rings (SSSR count). The lowest BCUT2D eigenvalue weighted by molar-refractivity contribution is -0.121. The number of nitrogens with one attached hydrogen (secondary N) is 2. The number of hydrogen-bond donors (Lipinski definition) is 2. The van der Waals surface area contributed by atoms with Crippen LogP contribution in [0.1, 0.15) is 34.3 Å². The van der Waals surface area contributed by atoms with Gasteiger partial charge in [-0.2, -0.15) is 0 Å². The lowest BCUT2D eigenvalue weighted by atomic mass is 10.1. The fourth-order valence-electron chi connectivity index (χ4n) is 3.74. The van der Waals surface area contributed by atoms with E-state index in [9.17, 15) is 9.59 Å². The third-order valence-electron chi connectivity index (χ3n) is 5.61. The third-order valence-corrected chi connectivity index (χ3v) is 6.35. The highest BCUT2D eigenvalue weighted by molar-refractivity contribution is 6.42. The molecule has 0 unspecified atom stereocenters. The molecule has 2 aromatic carbocycles. The average Bonchev–Trinajstić information content (AvgIpc) is 3.59. The number of carbonyl (C=O) groups is 2. The van der Waals surface area contributed by atoms with Crippen LogP contribution in [0.15, 0.2) is 42.5 Å². The first-order valence-corrected chi connectivity index (χ1v) is 11.7. The van der Waals surface area contributed by atoms with Gasteiger partial charge in [0.25, 0.3) is 5.91 Å². The number of halogens is 2. The number of rotatable bonds is 8. The molecule has 1 heterocycles. The van der Waals surface area contributed by atoms with Gasteiger partial charge in [0.05, 0.1) is 29.2 Å². The molecule has 6 nitrogen and oxygen atoms in total. The zero-order valence-electron chi connectivity index (χ0n) is 17.8. The summed E-state index contributed by atoms with van der Waals surface area (Å²) >= 11 is 12.1. The lowest BCUT2D eigenvalue weighted by Crippen LogP contribution is -2.47. The summed E-state index contributed by atoms with van der Waals surface area (Å²) in [6.45, 7) is 3.34. The first kappa shape index (κ1) is 23.1. The number of morpholine rings is 1. The average molecular weight is 476 g/mol. The van der Waals surface area contributed by atoms with Crippen molar-refractivity contribution in [3.63, 3.8) is 0 Å². The predicted octanol–water partition coefficient (Wildman–Crippen LogP) is 3.45. The predicted molar refractivity (Wildman–Crippen MR) is 125 cm³/mol. The molecule has 1 saturated carbocycles. The molecule has 0 aromatic heterocycles. The molecule has 2 amide bonds. The van der Waals surface area contributed by atoms with Crippen LogP contribution in [-0.2, 0) is 22.5 Å². The zero-order chi connectivity index (χ0) is 22.5. The van der Waals surface area contributed by atoms with Gasteiger partial charge in [-0.25, -0.2) is 0 Å². The molecule has 32 heavy (non-hydrogen) atoms. The molecule has 0 spiro atoms. The molecule has 1 aliphatic heterocycles. The fraction of sp³-hybridized carbons (Fsp3) is 0.417. The number of carbonyl (C=O) groups excluding carboxylic acids is 2. The van der Waals surface area contributed by atoms with Crippen LogP contribution in [0.2, 0.25) is 10.0 Å². The molecule has 8 heteroatoms. The van der Waals surface area contributed by atoms with Crippen molar-refractivity contribution in [2.24, 2.45) is 0 Å². The highest BCUT2D eigenvalue weighted by Gasteiger charge is 2.24. The highest BCUT2D eigenvalue weighted by atomic mass is 35.5. The Bertz CT molecular complexity index is 981.